The van der Waals surface area contributed by atoms with Crippen LogP contribution in [0.15, 0.2) is 0 Å². The molecule has 0 heterocycles. The molecule has 0 saturated carbocycles. The van der Waals surface area contributed by atoms with Gasteiger partial charge in [0.25, 0.3) is 10.1 Å². The fourth-order valence-corrected chi connectivity index (χ4v) is 1.65. The monoisotopic (exact) mass is 182 g/mol. The van der Waals surface area contributed by atoms with Gasteiger partial charge >= 0.3 is 0 Å². The topological polar surface area (TPSA) is 52.6 Å². The molecule has 0 aromatic carbocycles. The molecule has 0 atom stereocenters. The lowest BCUT2D eigenvalue weighted by Gasteiger charge is -2.17. The Balaban J connectivity index is 4.15. The van der Waals surface area contributed by atoms with E-state index in [1.165, 1.54) is 7.11 Å². The summed E-state index contributed by atoms with van der Waals surface area (Å²) in [4.78, 5) is 0. The summed E-state index contributed by atoms with van der Waals surface area (Å²) in [5.41, 5.74) is -0.683. The minimum absolute atomic E-state index is 0.399. The maximum absolute atomic E-state index is 10.9. The molecule has 0 aromatic heterocycles. The molecule has 0 spiro atoms. The number of ether oxygens (including phenoxy) is 1. The molecule has 0 bridgehead atoms. The molecule has 5 heteroatoms. The van der Waals surface area contributed by atoms with E-state index in [9.17, 15) is 8.42 Å². The molecule has 4 nitrogen and oxygen atoms in total. The molecule has 68 valence electrons. The molecule has 0 saturated heterocycles. The Hall–Kier alpha value is -0.130. The molecule has 0 unspecified atom stereocenters. The lowest BCUT2D eigenvalue weighted by molar-refractivity contribution is 0.126. The second kappa shape index (κ2) is 3.51. The Labute approximate surface area is 67.6 Å². The van der Waals surface area contributed by atoms with Crippen molar-refractivity contribution in [2.45, 2.75) is 26.4 Å². The van der Waals surface area contributed by atoms with Gasteiger partial charge in [0.1, 0.15) is 0 Å². The van der Waals surface area contributed by atoms with E-state index >= 15 is 0 Å². The van der Waals surface area contributed by atoms with Gasteiger partial charge in [-0.25, -0.2) is 0 Å². The standard InChI is InChI=1S/C6H14O4S/c1-6(2,3)10-11(7,8)5-9-4/h5H2,1-4H3. The summed E-state index contributed by atoms with van der Waals surface area (Å²) in [5, 5.41) is 0. The van der Waals surface area contributed by atoms with Crippen molar-refractivity contribution in [1.29, 1.82) is 0 Å². The van der Waals surface area contributed by atoms with E-state index in [-0.39, 0.29) is 0 Å². The van der Waals surface area contributed by atoms with Gasteiger partial charge in [-0.1, -0.05) is 0 Å². The molecule has 0 aliphatic rings. The Morgan fingerprint density at radius 1 is 1.27 bits per heavy atom. The molecule has 0 aliphatic heterocycles. The Bertz CT molecular complexity index is 199. The molecule has 0 N–H and O–H groups in total. The van der Waals surface area contributed by atoms with Crippen LogP contribution in [0.2, 0.25) is 0 Å². The van der Waals surface area contributed by atoms with Crippen LogP contribution < -0.4 is 0 Å². The molecule has 0 radical (unpaired) electrons. The SMILES string of the molecule is COCS(=O)(=O)OC(C)(C)C. The average Bonchev–Trinajstić information content (AvgIpc) is 1.55. The van der Waals surface area contributed by atoms with Gasteiger partial charge in [0.05, 0.1) is 5.60 Å². The van der Waals surface area contributed by atoms with E-state index in [1.54, 1.807) is 20.8 Å². The minimum Gasteiger partial charge on any atom is -0.366 e. The summed E-state index contributed by atoms with van der Waals surface area (Å²) in [6.45, 7) is 5.00. The molecule has 0 aromatic rings. The second-order valence-corrected chi connectivity index (χ2v) is 4.68. The van der Waals surface area contributed by atoms with Crippen molar-refractivity contribution in [2.24, 2.45) is 0 Å². The van der Waals surface area contributed by atoms with Gasteiger partial charge in [-0.05, 0) is 20.8 Å². The molecular weight excluding hydrogens is 168 g/mol. The first kappa shape index (κ1) is 10.9. The highest BCUT2D eigenvalue weighted by Gasteiger charge is 2.21. The third-order valence-electron chi connectivity index (χ3n) is 0.639. The first-order valence-electron chi connectivity index (χ1n) is 3.19. The first-order valence-corrected chi connectivity index (χ1v) is 4.77. The number of hydrogen-bond donors (Lipinski definition) is 0. The van der Waals surface area contributed by atoms with Crippen LogP contribution in [0.1, 0.15) is 20.8 Å². The highest BCUT2D eigenvalue weighted by atomic mass is 32.2. The summed E-state index contributed by atoms with van der Waals surface area (Å²) in [7, 11) is -2.20. The predicted octanol–water partition coefficient (Wildman–Crippen LogP) is 0.735. The fourth-order valence-electron chi connectivity index (χ4n) is 0.549. The van der Waals surface area contributed by atoms with E-state index in [0.29, 0.717) is 0 Å². The van der Waals surface area contributed by atoms with Gasteiger partial charge in [0.2, 0.25) is 0 Å². The molecule has 11 heavy (non-hydrogen) atoms. The van der Waals surface area contributed by atoms with Crippen molar-refractivity contribution < 1.29 is 17.3 Å². The van der Waals surface area contributed by atoms with Crippen LogP contribution in [0.4, 0.5) is 0 Å². The Kier molecular flexibility index (Phi) is 3.47. The quantitative estimate of drug-likeness (QED) is 0.604. The molecule has 0 aliphatic carbocycles. The summed E-state index contributed by atoms with van der Waals surface area (Å²) in [6, 6.07) is 0. The van der Waals surface area contributed by atoms with Crippen LogP contribution in [0.3, 0.4) is 0 Å². The first-order chi connectivity index (χ1) is 4.77. The average molecular weight is 182 g/mol. The van der Waals surface area contributed by atoms with Crippen molar-refractivity contribution in [3.63, 3.8) is 0 Å². The summed E-state index contributed by atoms with van der Waals surface area (Å²) in [5.74, 6) is -0.399. The summed E-state index contributed by atoms with van der Waals surface area (Å²) in [6.07, 6.45) is 0. The van der Waals surface area contributed by atoms with Crippen LogP contribution in [0, 0.1) is 0 Å². The van der Waals surface area contributed by atoms with Crippen LogP contribution in [-0.4, -0.2) is 27.1 Å². The number of hydrogen-bond acceptors (Lipinski definition) is 4. The van der Waals surface area contributed by atoms with Crippen molar-refractivity contribution in [2.75, 3.05) is 13.0 Å². The van der Waals surface area contributed by atoms with Gasteiger partial charge in [-0.3, -0.25) is 4.18 Å². The second-order valence-electron chi connectivity index (χ2n) is 3.16. The number of methoxy groups -OCH3 is 1. The van der Waals surface area contributed by atoms with Crippen molar-refractivity contribution in [3.8, 4) is 0 Å². The van der Waals surface area contributed by atoms with Crippen LogP contribution >= 0.6 is 0 Å². The van der Waals surface area contributed by atoms with E-state index < -0.39 is 21.7 Å². The molecular formula is C6H14O4S. The third kappa shape index (κ3) is 6.28. The van der Waals surface area contributed by atoms with Gasteiger partial charge in [0, 0.05) is 7.11 Å². The van der Waals surface area contributed by atoms with Gasteiger partial charge in [-0.15, -0.1) is 0 Å². The fraction of sp³-hybridized carbons (Fsp3) is 1.00. The van der Waals surface area contributed by atoms with E-state index in [2.05, 4.69) is 4.74 Å². The van der Waals surface area contributed by atoms with E-state index in [1.807, 2.05) is 0 Å². The third-order valence-corrected chi connectivity index (χ3v) is 1.92. The molecule has 0 amide bonds. The maximum atomic E-state index is 10.9. The predicted molar refractivity (Wildman–Crippen MR) is 41.6 cm³/mol. The van der Waals surface area contributed by atoms with Crippen molar-refractivity contribution in [3.05, 3.63) is 0 Å². The minimum atomic E-state index is -3.51. The lowest BCUT2D eigenvalue weighted by Crippen LogP contribution is -2.26. The maximum Gasteiger partial charge on any atom is 0.292 e. The van der Waals surface area contributed by atoms with Crippen LogP contribution in [-0.2, 0) is 19.0 Å². The molecule has 0 rings (SSSR count). The zero-order chi connectivity index (χ0) is 9.12. The van der Waals surface area contributed by atoms with Crippen LogP contribution in [0.5, 0.6) is 0 Å². The highest BCUT2D eigenvalue weighted by molar-refractivity contribution is 7.86. The van der Waals surface area contributed by atoms with Crippen molar-refractivity contribution in [1.82, 2.24) is 0 Å². The number of rotatable bonds is 3. The largest absolute Gasteiger partial charge is 0.366 e. The van der Waals surface area contributed by atoms with Crippen molar-refractivity contribution >= 4 is 10.1 Å². The van der Waals surface area contributed by atoms with E-state index in [0.717, 1.165) is 0 Å². The normalized spacial score (nSPS) is 13.5. The summed E-state index contributed by atoms with van der Waals surface area (Å²) >= 11 is 0. The van der Waals surface area contributed by atoms with Gasteiger partial charge < -0.3 is 4.74 Å². The van der Waals surface area contributed by atoms with Gasteiger partial charge in [0.15, 0.2) is 5.94 Å². The lowest BCUT2D eigenvalue weighted by atomic mass is 10.2. The zero-order valence-electron chi connectivity index (χ0n) is 7.25. The Morgan fingerprint density at radius 2 is 1.73 bits per heavy atom. The zero-order valence-corrected chi connectivity index (χ0v) is 8.06. The van der Waals surface area contributed by atoms with E-state index in [4.69, 9.17) is 4.18 Å². The summed E-state index contributed by atoms with van der Waals surface area (Å²) < 4.78 is 31.0. The Morgan fingerprint density at radius 3 is 2.00 bits per heavy atom. The van der Waals surface area contributed by atoms with Crippen LogP contribution in [0.25, 0.3) is 0 Å². The smallest absolute Gasteiger partial charge is 0.292 e. The highest BCUT2D eigenvalue weighted by Crippen LogP contribution is 2.11. The van der Waals surface area contributed by atoms with Gasteiger partial charge in [-0.2, -0.15) is 8.42 Å². The molecule has 0 fully saturated rings.